The van der Waals surface area contributed by atoms with Gasteiger partial charge in [-0.25, -0.2) is 4.68 Å². The summed E-state index contributed by atoms with van der Waals surface area (Å²) in [6, 6.07) is 0. The third kappa shape index (κ3) is 2.55. The van der Waals surface area contributed by atoms with Crippen LogP contribution in [0.2, 0.25) is 5.02 Å². The maximum atomic E-state index is 11.8. The number of nitrogens with zero attached hydrogens (tertiary/aromatic N) is 2. The first kappa shape index (κ1) is 11.5. The molecule has 2 rings (SSSR count). The van der Waals surface area contributed by atoms with E-state index in [1.54, 1.807) is 6.20 Å². The normalized spacial score (nSPS) is 15.1. The molecular weight excluding hydrogens is 226 g/mol. The Hall–Kier alpha value is -1.03. The zero-order chi connectivity index (χ0) is 11.5. The molecule has 0 bridgehead atoms. The fourth-order valence-corrected chi connectivity index (χ4v) is 1.75. The van der Waals surface area contributed by atoms with E-state index in [4.69, 9.17) is 11.6 Å². The maximum absolute atomic E-state index is 11.8. The molecule has 16 heavy (non-hydrogen) atoms. The van der Waals surface area contributed by atoms with Crippen LogP contribution in [-0.2, 0) is 6.54 Å². The monoisotopic (exact) mass is 241 g/mol. The lowest BCUT2D eigenvalue weighted by Crippen LogP contribution is -2.24. The minimum Gasteiger partial charge on any atom is -0.382 e. The van der Waals surface area contributed by atoms with Crippen LogP contribution in [0.5, 0.6) is 0 Å². The summed E-state index contributed by atoms with van der Waals surface area (Å²) in [5, 5.41) is 7.52. The van der Waals surface area contributed by atoms with Crippen LogP contribution in [-0.4, -0.2) is 16.3 Å². The second kappa shape index (κ2) is 4.87. The van der Waals surface area contributed by atoms with Crippen LogP contribution in [0.4, 0.5) is 5.69 Å². The van der Waals surface area contributed by atoms with Gasteiger partial charge in [0.15, 0.2) is 0 Å². The molecule has 1 N–H and O–H groups in total. The second-order valence-electron chi connectivity index (χ2n) is 4.22. The third-order valence-corrected chi connectivity index (χ3v) is 3.06. The van der Waals surface area contributed by atoms with E-state index in [0.29, 0.717) is 12.2 Å². The molecule has 1 heterocycles. The summed E-state index contributed by atoms with van der Waals surface area (Å²) in [6.07, 6.45) is 5.05. The van der Waals surface area contributed by atoms with Gasteiger partial charge in [0, 0.05) is 13.1 Å². The van der Waals surface area contributed by atoms with Gasteiger partial charge >= 0.3 is 0 Å². The molecule has 0 radical (unpaired) electrons. The van der Waals surface area contributed by atoms with E-state index in [1.165, 1.54) is 17.5 Å². The molecule has 0 aromatic carbocycles. The number of halogens is 1. The van der Waals surface area contributed by atoms with Crippen LogP contribution in [0.1, 0.15) is 26.2 Å². The first-order valence-corrected chi connectivity index (χ1v) is 6.09. The number of anilines is 1. The summed E-state index contributed by atoms with van der Waals surface area (Å²) < 4.78 is 1.41. The number of nitrogens with one attached hydrogen (secondary N) is 1. The fourth-order valence-electron chi connectivity index (χ4n) is 1.54. The largest absolute Gasteiger partial charge is 0.382 e. The van der Waals surface area contributed by atoms with Gasteiger partial charge in [-0.2, -0.15) is 5.10 Å². The highest BCUT2D eigenvalue weighted by molar-refractivity contribution is 6.32. The Morgan fingerprint density at radius 1 is 1.62 bits per heavy atom. The van der Waals surface area contributed by atoms with Gasteiger partial charge in [0.1, 0.15) is 5.02 Å². The van der Waals surface area contributed by atoms with Gasteiger partial charge in [-0.1, -0.05) is 18.5 Å². The van der Waals surface area contributed by atoms with Crippen LogP contribution in [0.15, 0.2) is 11.0 Å². The predicted octanol–water partition coefficient (Wildman–Crippen LogP) is 2.13. The standard InChI is InChI=1S/C11H16ClN3O/c1-2-5-15-11(16)10(12)9(7-14-15)13-6-8-3-4-8/h7-8,13H,2-6H2,1H3. The van der Waals surface area contributed by atoms with Crippen molar-refractivity contribution in [3.8, 4) is 0 Å². The average Bonchev–Trinajstić information content (AvgIpc) is 3.08. The second-order valence-corrected chi connectivity index (χ2v) is 4.60. The number of rotatable bonds is 5. The molecular formula is C11H16ClN3O. The molecule has 0 amide bonds. The molecule has 4 nitrogen and oxygen atoms in total. The Labute approximate surface area is 99.6 Å². The highest BCUT2D eigenvalue weighted by Crippen LogP contribution is 2.29. The molecule has 1 saturated carbocycles. The number of hydrogen-bond acceptors (Lipinski definition) is 3. The van der Waals surface area contributed by atoms with Crippen molar-refractivity contribution >= 4 is 17.3 Å². The van der Waals surface area contributed by atoms with Crippen LogP contribution in [0.3, 0.4) is 0 Å². The van der Waals surface area contributed by atoms with Gasteiger partial charge < -0.3 is 5.32 Å². The SMILES string of the molecule is CCCn1ncc(NCC2CC2)c(Cl)c1=O. The quantitative estimate of drug-likeness (QED) is 0.859. The van der Waals surface area contributed by atoms with Crippen molar-refractivity contribution in [1.29, 1.82) is 0 Å². The molecule has 1 aromatic rings. The first-order chi connectivity index (χ1) is 7.72. The average molecular weight is 242 g/mol. The van der Waals surface area contributed by atoms with Crippen molar-refractivity contribution < 1.29 is 0 Å². The third-order valence-electron chi connectivity index (χ3n) is 2.70. The molecule has 0 atom stereocenters. The molecule has 0 spiro atoms. The van der Waals surface area contributed by atoms with E-state index >= 15 is 0 Å². The number of hydrogen-bond donors (Lipinski definition) is 1. The summed E-state index contributed by atoms with van der Waals surface area (Å²) in [5.41, 5.74) is 0.454. The highest BCUT2D eigenvalue weighted by Gasteiger charge is 2.21. The zero-order valence-electron chi connectivity index (χ0n) is 9.37. The Balaban J connectivity index is 2.13. The Morgan fingerprint density at radius 2 is 2.38 bits per heavy atom. The van der Waals surface area contributed by atoms with Crippen molar-refractivity contribution in [3.05, 3.63) is 21.6 Å². The van der Waals surface area contributed by atoms with E-state index in [9.17, 15) is 4.79 Å². The van der Waals surface area contributed by atoms with Crippen molar-refractivity contribution in [2.75, 3.05) is 11.9 Å². The van der Waals surface area contributed by atoms with Crippen molar-refractivity contribution in [1.82, 2.24) is 9.78 Å². The van der Waals surface area contributed by atoms with Gasteiger partial charge in [0.2, 0.25) is 0 Å². The van der Waals surface area contributed by atoms with E-state index in [0.717, 1.165) is 18.9 Å². The fraction of sp³-hybridized carbons (Fsp3) is 0.636. The van der Waals surface area contributed by atoms with Crippen LogP contribution in [0.25, 0.3) is 0 Å². The van der Waals surface area contributed by atoms with Gasteiger partial charge in [-0.15, -0.1) is 0 Å². The van der Waals surface area contributed by atoms with Crippen LogP contribution in [0, 0.1) is 5.92 Å². The van der Waals surface area contributed by atoms with Crippen molar-refractivity contribution in [3.63, 3.8) is 0 Å². The minimum absolute atomic E-state index is 0.204. The molecule has 1 aromatic heterocycles. The molecule has 1 aliphatic rings. The van der Waals surface area contributed by atoms with Gasteiger partial charge in [-0.3, -0.25) is 4.79 Å². The topological polar surface area (TPSA) is 46.9 Å². The van der Waals surface area contributed by atoms with Gasteiger partial charge in [0.05, 0.1) is 11.9 Å². The molecule has 0 unspecified atom stereocenters. The lowest BCUT2D eigenvalue weighted by molar-refractivity contribution is 0.568. The molecule has 1 fully saturated rings. The molecule has 0 saturated heterocycles. The van der Waals surface area contributed by atoms with Gasteiger partial charge in [0.25, 0.3) is 5.56 Å². The number of aryl methyl sites for hydroxylation is 1. The van der Waals surface area contributed by atoms with Crippen molar-refractivity contribution in [2.24, 2.45) is 5.92 Å². The van der Waals surface area contributed by atoms with E-state index in [2.05, 4.69) is 10.4 Å². The summed E-state index contributed by atoms with van der Waals surface area (Å²) in [6.45, 7) is 3.50. The summed E-state index contributed by atoms with van der Waals surface area (Å²) in [5.74, 6) is 0.745. The summed E-state index contributed by atoms with van der Waals surface area (Å²) in [7, 11) is 0. The minimum atomic E-state index is -0.204. The molecule has 0 aliphatic heterocycles. The van der Waals surface area contributed by atoms with Crippen molar-refractivity contribution in [2.45, 2.75) is 32.7 Å². The van der Waals surface area contributed by atoms with Crippen LogP contribution >= 0.6 is 11.6 Å². The smallest absolute Gasteiger partial charge is 0.287 e. The summed E-state index contributed by atoms with van der Waals surface area (Å²) >= 11 is 6.00. The molecule has 1 aliphatic carbocycles. The zero-order valence-corrected chi connectivity index (χ0v) is 10.1. The lowest BCUT2D eigenvalue weighted by atomic mass is 10.4. The van der Waals surface area contributed by atoms with Gasteiger partial charge in [-0.05, 0) is 25.2 Å². The predicted molar refractivity (Wildman–Crippen MR) is 65.0 cm³/mol. The van der Waals surface area contributed by atoms with E-state index in [1.807, 2.05) is 6.92 Å². The summed E-state index contributed by atoms with van der Waals surface area (Å²) in [4.78, 5) is 11.8. The number of aromatic nitrogens is 2. The Morgan fingerprint density at radius 3 is 3.00 bits per heavy atom. The maximum Gasteiger partial charge on any atom is 0.287 e. The Bertz CT molecular complexity index is 426. The van der Waals surface area contributed by atoms with E-state index < -0.39 is 0 Å². The molecule has 5 heteroatoms. The lowest BCUT2D eigenvalue weighted by Gasteiger charge is -2.09. The van der Waals surface area contributed by atoms with Crippen LogP contribution < -0.4 is 10.9 Å². The highest BCUT2D eigenvalue weighted by atomic mass is 35.5. The molecule has 88 valence electrons. The Kier molecular flexibility index (Phi) is 3.49. The van der Waals surface area contributed by atoms with E-state index in [-0.39, 0.29) is 10.6 Å². The first-order valence-electron chi connectivity index (χ1n) is 5.72.